The second kappa shape index (κ2) is 3.39. The minimum absolute atomic E-state index is 0.0555. The highest BCUT2D eigenvalue weighted by atomic mass is 35.5. The van der Waals surface area contributed by atoms with Gasteiger partial charge in [-0.1, -0.05) is 31.5 Å². The molecule has 2 aliphatic rings. The number of benzene rings is 1. The van der Waals surface area contributed by atoms with Gasteiger partial charge in [-0.05, 0) is 18.6 Å². The number of nitrogens with zero attached hydrogens (tertiary/aromatic N) is 1. The molecule has 17 heavy (non-hydrogen) atoms. The standard InChI is InChI=1S/C13H15ClN2O/c1-13(2)6-7-16-11(17)10-8(14)4-3-5-9(10)15-12(13)16/h3-5,12,15H,6-7H2,1-2H3. The van der Waals surface area contributed by atoms with Gasteiger partial charge < -0.3 is 10.2 Å². The van der Waals surface area contributed by atoms with E-state index in [1.807, 2.05) is 17.0 Å². The van der Waals surface area contributed by atoms with Gasteiger partial charge in [-0.2, -0.15) is 0 Å². The first-order valence-corrected chi connectivity index (χ1v) is 6.24. The highest BCUT2D eigenvalue weighted by Crippen LogP contribution is 2.42. The van der Waals surface area contributed by atoms with E-state index in [2.05, 4.69) is 19.2 Å². The first-order valence-electron chi connectivity index (χ1n) is 5.87. The normalized spacial score (nSPS) is 25.2. The highest BCUT2D eigenvalue weighted by molar-refractivity contribution is 6.34. The van der Waals surface area contributed by atoms with Crippen LogP contribution in [0.25, 0.3) is 0 Å². The summed E-state index contributed by atoms with van der Waals surface area (Å²) in [5, 5.41) is 3.97. The SMILES string of the molecule is CC1(C)CCN2C(=O)c3c(Cl)cccc3NC21. The van der Waals surface area contributed by atoms with Gasteiger partial charge in [0.05, 0.1) is 16.3 Å². The molecule has 0 radical (unpaired) electrons. The average Bonchev–Trinajstić information content (AvgIpc) is 2.56. The van der Waals surface area contributed by atoms with E-state index in [9.17, 15) is 4.79 Å². The molecule has 3 nitrogen and oxygen atoms in total. The van der Waals surface area contributed by atoms with E-state index in [4.69, 9.17) is 11.6 Å². The molecular formula is C13H15ClN2O. The molecule has 1 aromatic carbocycles. The Morgan fingerprint density at radius 1 is 1.47 bits per heavy atom. The molecule has 2 heterocycles. The lowest BCUT2D eigenvalue weighted by Crippen LogP contribution is -2.49. The van der Waals surface area contributed by atoms with Gasteiger partial charge in [0.15, 0.2) is 0 Å². The van der Waals surface area contributed by atoms with Crippen molar-refractivity contribution in [3.05, 3.63) is 28.8 Å². The van der Waals surface area contributed by atoms with Crippen LogP contribution in [0.4, 0.5) is 5.69 Å². The molecule has 0 aromatic heterocycles. The van der Waals surface area contributed by atoms with E-state index in [0.29, 0.717) is 10.6 Å². The molecule has 0 saturated carbocycles. The molecule has 1 aromatic rings. The Labute approximate surface area is 106 Å². The molecule has 3 rings (SSSR count). The summed E-state index contributed by atoms with van der Waals surface area (Å²) < 4.78 is 0. The largest absolute Gasteiger partial charge is 0.364 e. The maximum atomic E-state index is 12.4. The van der Waals surface area contributed by atoms with Gasteiger partial charge >= 0.3 is 0 Å². The van der Waals surface area contributed by atoms with Crippen LogP contribution < -0.4 is 5.32 Å². The number of nitrogens with one attached hydrogen (secondary N) is 1. The molecule has 4 heteroatoms. The molecule has 1 atom stereocenters. The molecule has 1 amide bonds. The lowest BCUT2D eigenvalue weighted by Gasteiger charge is -2.38. The highest BCUT2D eigenvalue weighted by Gasteiger charge is 2.46. The molecule has 0 spiro atoms. The van der Waals surface area contributed by atoms with E-state index in [1.54, 1.807) is 6.07 Å². The number of carbonyl (C=O) groups is 1. The van der Waals surface area contributed by atoms with Crippen molar-refractivity contribution >= 4 is 23.2 Å². The predicted octanol–water partition coefficient (Wildman–Crippen LogP) is 2.96. The van der Waals surface area contributed by atoms with Crippen LogP contribution in [-0.2, 0) is 0 Å². The summed E-state index contributed by atoms with van der Waals surface area (Å²) in [6, 6.07) is 5.56. The van der Waals surface area contributed by atoms with Crippen molar-refractivity contribution in [1.29, 1.82) is 0 Å². The monoisotopic (exact) mass is 250 g/mol. The number of hydrogen-bond acceptors (Lipinski definition) is 2. The van der Waals surface area contributed by atoms with Crippen molar-refractivity contribution in [2.75, 3.05) is 11.9 Å². The fraction of sp³-hybridized carbons (Fsp3) is 0.462. The Balaban J connectivity index is 2.11. The third-order valence-electron chi connectivity index (χ3n) is 3.83. The average molecular weight is 251 g/mol. The quantitative estimate of drug-likeness (QED) is 0.768. The Kier molecular flexibility index (Phi) is 2.17. The van der Waals surface area contributed by atoms with E-state index in [0.717, 1.165) is 18.7 Å². The zero-order valence-electron chi connectivity index (χ0n) is 9.96. The summed E-state index contributed by atoms with van der Waals surface area (Å²) in [6.45, 7) is 5.18. The first kappa shape index (κ1) is 10.9. The molecular weight excluding hydrogens is 236 g/mol. The zero-order valence-corrected chi connectivity index (χ0v) is 10.7. The zero-order chi connectivity index (χ0) is 12.2. The van der Waals surface area contributed by atoms with Gasteiger partial charge in [0, 0.05) is 12.0 Å². The summed E-state index contributed by atoms with van der Waals surface area (Å²) in [4.78, 5) is 14.3. The minimum Gasteiger partial charge on any atom is -0.364 e. The lowest BCUT2D eigenvalue weighted by atomic mass is 9.88. The number of rotatable bonds is 0. The summed E-state index contributed by atoms with van der Waals surface area (Å²) in [5.41, 5.74) is 1.58. The molecule has 0 aliphatic carbocycles. The Morgan fingerprint density at radius 3 is 3.00 bits per heavy atom. The molecule has 1 unspecified atom stereocenters. The predicted molar refractivity (Wildman–Crippen MR) is 68.3 cm³/mol. The maximum absolute atomic E-state index is 12.4. The van der Waals surface area contributed by atoms with E-state index < -0.39 is 0 Å². The maximum Gasteiger partial charge on any atom is 0.259 e. The Hall–Kier alpha value is -1.22. The van der Waals surface area contributed by atoms with Crippen molar-refractivity contribution in [3.8, 4) is 0 Å². The van der Waals surface area contributed by atoms with Crippen LogP contribution in [0.5, 0.6) is 0 Å². The van der Waals surface area contributed by atoms with Gasteiger partial charge in [0.1, 0.15) is 6.17 Å². The Morgan fingerprint density at radius 2 is 2.24 bits per heavy atom. The molecule has 90 valence electrons. The van der Waals surface area contributed by atoms with Gasteiger partial charge in [-0.3, -0.25) is 4.79 Å². The fourth-order valence-corrected chi connectivity index (χ4v) is 3.00. The van der Waals surface area contributed by atoms with Gasteiger partial charge in [0.2, 0.25) is 0 Å². The molecule has 1 fully saturated rings. The smallest absolute Gasteiger partial charge is 0.259 e. The second-order valence-corrected chi connectivity index (χ2v) is 5.85. The number of carbonyl (C=O) groups excluding carboxylic acids is 1. The van der Waals surface area contributed by atoms with Crippen LogP contribution in [0.1, 0.15) is 30.6 Å². The number of amides is 1. The number of fused-ring (bicyclic) bond motifs is 2. The van der Waals surface area contributed by atoms with Crippen molar-refractivity contribution in [3.63, 3.8) is 0 Å². The number of hydrogen-bond donors (Lipinski definition) is 1. The van der Waals surface area contributed by atoms with Crippen molar-refractivity contribution < 1.29 is 4.79 Å². The number of anilines is 1. The molecule has 2 aliphatic heterocycles. The Bertz CT molecular complexity index is 498. The third-order valence-corrected chi connectivity index (χ3v) is 4.14. The van der Waals surface area contributed by atoms with E-state index in [1.165, 1.54) is 0 Å². The van der Waals surface area contributed by atoms with Crippen molar-refractivity contribution in [1.82, 2.24) is 4.90 Å². The summed E-state index contributed by atoms with van der Waals surface area (Å²) in [5.74, 6) is 0.0555. The van der Waals surface area contributed by atoms with Crippen LogP contribution in [0.2, 0.25) is 5.02 Å². The van der Waals surface area contributed by atoms with E-state index >= 15 is 0 Å². The van der Waals surface area contributed by atoms with Crippen LogP contribution in [0.3, 0.4) is 0 Å². The van der Waals surface area contributed by atoms with Gasteiger partial charge in [-0.25, -0.2) is 0 Å². The number of halogens is 1. The lowest BCUT2D eigenvalue weighted by molar-refractivity contribution is 0.0699. The van der Waals surface area contributed by atoms with Crippen LogP contribution in [0, 0.1) is 5.41 Å². The minimum atomic E-state index is 0.0555. The molecule has 1 N–H and O–H groups in total. The first-order chi connectivity index (χ1) is 8.00. The fourth-order valence-electron chi connectivity index (χ4n) is 2.74. The topological polar surface area (TPSA) is 32.3 Å². The van der Waals surface area contributed by atoms with E-state index in [-0.39, 0.29) is 17.5 Å². The summed E-state index contributed by atoms with van der Waals surface area (Å²) in [7, 11) is 0. The van der Waals surface area contributed by atoms with Gasteiger partial charge in [0.25, 0.3) is 5.91 Å². The van der Waals surface area contributed by atoms with Gasteiger partial charge in [-0.15, -0.1) is 0 Å². The van der Waals surface area contributed by atoms with Crippen molar-refractivity contribution in [2.24, 2.45) is 5.41 Å². The van der Waals surface area contributed by atoms with Crippen LogP contribution >= 0.6 is 11.6 Å². The van der Waals surface area contributed by atoms with Crippen LogP contribution in [0.15, 0.2) is 18.2 Å². The second-order valence-electron chi connectivity index (χ2n) is 5.45. The molecule has 0 bridgehead atoms. The van der Waals surface area contributed by atoms with Crippen LogP contribution in [-0.4, -0.2) is 23.5 Å². The summed E-state index contributed by atoms with van der Waals surface area (Å²) >= 11 is 6.11. The van der Waals surface area contributed by atoms with Crippen molar-refractivity contribution in [2.45, 2.75) is 26.4 Å². The summed E-state index contributed by atoms with van der Waals surface area (Å²) in [6.07, 6.45) is 1.10. The third kappa shape index (κ3) is 1.45. The molecule has 1 saturated heterocycles.